The molecular formula is C16H21N3O5S. The number of methoxy groups -OCH3 is 1. The minimum Gasteiger partial charge on any atom is -0.497 e. The van der Waals surface area contributed by atoms with Gasteiger partial charge >= 0.3 is 11.9 Å². The summed E-state index contributed by atoms with van der Waals surface area (Å²) in [5.74, 6) is -1.74. The number of ether oxygens (including phenoxy) is 1. The van der Waals surface area contributed by atoms with Crippen molar-refractivity contribution in [1.82, 2.24) is 14.9 Å². The maximum Gasteiger partial charge on any atom is 0.414 e. The molecule has 0 bridgehead atoms. The number of rotatable bonds is 7. The normalized spacial score (nSPS) is 9.84. The Hall–Kier alpha value is -2.52. The maximum absolute atomic E-state index is 9.10. The molecule has 8 nitrogen and oxygen atoms in total. The summed E-state index contributed by atoms with van der Waals surface area (Å²) in [6, 6.07) is 8.13. The Labute approximate surface area is 149 Å². The number of benzene rings is 1. The van der Waals surface area contributed by atoms with Crippen LogP contribution in [0, 0.1) is 0 Å². The summed E-state index contributed by atoms with van der Waals surface area (Å²) in [4.78, 5) is 22.5. The Morgan fingerprint density at radius 3 is 2.36 bits per heavy atom. The van der Waals surface area contributed by atoms with Crippen LogP contribution in [0.15, 0.2) is 41.8 Å². The molecule has 0 atom stereocenters. The molecule has 0 saturated carbocycles. The number of thioether (sulfide) groups is 1. The molecule has 0 fully saturated rings. The van der Waals surface area contributed by atoms with E-state index in [1.807, 2.05) is 36.1 Å². The predicted octanol–water partition coefficient (Wildman–Crippen LogP) is 1.47. The average molecular weight is 367 g/mol. The van der Waals surface area contributed by atoms with E-state index >= 15 is 0 Å². The van der Waals surface area contributed by atoms with Gasteiger partial charge in [-0.05, 0) is 17.7 Å². The topological polar surface area (TPSA) is 114 Å². The zero-order valence-corrected chi connectivity index (χ0v) is 14.8. The maximum atomic E-state index is 9.10. The van der Waals surface area contributed by atoms with E-state index in [1.54, 1.807) is 18.9 Å². The Bertz CT molecular complexity index is 661. The van der Waals surface area contributed by atoms with E-state index in [9.17, 15) is 0 Å². The van der Waals surface area contributed by atoms with E-state index in [0.717, 1.165) is 29.7 Å². The predicted molar refractivity (Wildman–Crippen MR) is 93.9 cm³/mol. The van der Waals surface area contributed by atoms with Crippen LogP contribution in [0.3, 0.4) is 0 Å². The lowest BCUT2D eigenvalue weighted by Crippen LogP contribution is -2.16. The van der Waals surface area contributed by atoms with Gasteiger partial charge in [-0.1, -0.05) is 23.9 Å². The van der Waals surface area contributed by atoms with Gasteiger partial charge in [0.05, 0.1) is 7.11 Å². The molecule has 1 heterocycles. The van der Waals surface area contributed by atoms with Crippen LogP contribution in [0.4, 0.5) is 0 Å². The van der Waals surface area contributed by atoms with Crippen LogP contribution in [-0.2, 0) is 23.2 Å². The van der Waals surface area contributed by atoms with Crippen molar-refractivity contribution in [2.24, 2.45) is 7.05 Å². The lowest BCUT2D eigenvalue weighted by atomic mass is 10.2. The summed E-state index contributed by atoms with van der Waals surface area (Å²) in [7, 11) is 3.70. The first-order valence-corrected chi connectivity index (χ1v) is 8.32. The largest absolute Gasteiger partial charge is 0.497 e. The van der Waals surface area contributed by atoms with Crippen LogP contribution in [-0.4, -0.2) is 51.1 Å². The van der Waals surface area contributed by atoms with Gasteiger partial charge in [0, 0.05) is 38.3 Å². The fourth-order valence-electron chi connectivity index (χ4n) is 1.68. The Kier molecular flexibility index (Phi) is 9.12. The van der Waals surface area contributed by atoms with Crippen molar-refractivity contribution in [3.05, 3.63) is 42.2 Å². The highest BCUT2D eigenvalue weighted by atomic mass is 32.2. The van der Waals surface area contributed by atoms with E-state index in [2.05, 4.69) is 22.4 Å². The zero-order valence-electron chi connectivity index (χ0n) is 14.0. The highest BCUT2D eigenvalue weighted by molar-refractivity contribution is 7.99. The third kappa shape index (κ3) is 8.23. The van der Waals surface area contributed by atoms with Crippen LogP contribution in [0.5, 0.6) is 5.75 Å². The molecular weight excluding hydrogens is 346 g/mol. The number of hydrogen-bond donors (Lipinski definition) is 3. The van der Waals surface area contributed by atoms with Crippen LogP contribution in [0.25, 0.3) is 0 Å². The van der Waals surface area contributed by atoms with E-state index in [4.69, 9.17) is 24.5 Å². The average Bonchev–Trinajstić information content (AvgIpc) is 3.00. The molecule has 0 radical (unpaired) electrons. The molecule has 0 aliphatic carbocycles. The van der Waals surface area contributed by atoms with Crippen LogP contribution in [0.1, 0.15) is 5.56 Å². The first-order valence-electron chi connectivity index (χ1n) is 7.34. The van der Waals surface area contributed by atoms with Crippen LogP contribution in [0.2, 0.25) is 0 Å². The minimum absolute atomic E-state index is 0.880. The number of carbonyl (C=O) groups is 2. The van der Waals surface area contributed by atoms with Gasteiger partial charge in [0.1, 0.15) is 5.75 Å². The van der Waals surface area contributed by atoms with Gasteiger partial charge in [-0.25, -0.2) is 14.6 Å². The summed E-state index contributed by atoms with van der Waals surface area (Å²) in [5, 5.41) is 19.3. The number of nitrogens with one attached hydrogen (secondary N) is 1. The van der Waals surface area contributed by atoms with Gasteiger partial charge in [-0.3, -0.25) is 0 Å². The molecule has 136 valence electrons. The van der Waals surface area contributed by atoms with E-state index in [1.165, 1.54) is 5.56 Å². The summed E-state index contributed by atoms with van der Waals surface area (Å²) < 4.78 is 7.17. The molecule has 0 unspecified atom stereocenters. The lowest BCUT2D eigenvalue weighted by Gasteiger charge is -2.06. The Balaban J connectivity index is 0.000000450. The van der Waals surface area contributed by atoms with Crippen molar-refractivity contribution >= 4 is 23.7 Å². The fourth-order valence-corrected chi connectivity index (χ4v) is 2.51. The number of imidazole rings is 1. The molecule has 1 aromatic carbocycles. The molecule has 9 heteroatoms. The number of aryl methyl sites for hydroxylation is 1. The summed E-state index contributed by atoms with van der Waals surface area (Å²) >= 11 is 1.76. The molecule has 0 aliphatic heterocycles. The second-order valence-corrected chi connectivity index (χ2v) is 5.87. The number of hydrogen-bond acceptors (Lipinski definition) is 6. The highest BCUT2D eigenvalue weighted by Gasteiger charge is 2.04. The Morgan fingerprint density at radius 1 is 1.24 bits per heavy atom. The minimum atomic E-state index is -1.82. The number of carboxylic acid groups (broad SMARTS) is 2. The van der Waals surface area contributed by atoms with E-state index < -0.39 is 11.9 Å². The van der Waals surface area contributed by atoms with Crippen molar-refractivity contribution in [2.75, 3.05) is 19.4 Å². The molecule has 1 aromatic heterocycles. The molecule has 3 N–H and O–H groups in total. The van der Waals surface area contributed by atoms with Gasteiger partial charge in [-0.15, -0.1) is 0 Å². The number of aliphatic carboxylic acids is 2. The van der Waals surface area contributed by atoms with Gasteiger partial charge in [0.25, 0.3) is 0 Å². The van der Waals surface area contributed by atoms with Crippen molar-refractivity contribution in [3.8, 4) is 5.75 Å². The third-order valence-corrected chi connectivity index (χ3v) is 4.02. The van der Waals surface area contributed by atoms with Crippen molar-refractivity contribution in [1.29, 1.82) is 0 Å². The van der Waals surface area contributed by atoms with Crippen molar-refractivity contribution in [3.63, 3.8) is 0 Å². The van der Waals surface area contributed by atoms with Crippen LogP contribution >= 0.6 is 11.8 Å². The van der Waals surface area contributed by atoms with Gasteiger partial charge < -0.3 is 24.8 Å². The first kappa shape index (κ1) is 20.5. The summed E-state index contributed by atoms with van der Waals surface area (Å²) in [5.41, 5.74) is 1.27. The molecule has 0 saturated heterocycles. The van der Waals surface area contributed by atoms with E-state index in [0.29, 0.717) is 0 Å². The van der Waals surface area contributed by atoms with E-state index in [-0.39, 0.29) is 0 Å². The number of nitrogens with zero attached hydrogens (tertiary/aromatic N) is 2. The standard InChI is InChI=1S/C14H19N3OS.C2H2O4/c1-17-9-7-16-14(17)19-10-8-15-11-12-3-5-13(18-2)6-4-12;3-1(4)2(5)6/h3-7,9,15H,8,10-11H2,1-2H3;(H,3,4)(H,5,6). The monoisotopic (exact) mass is 367 g/mol. The molecule has 25 heavy (non-hydrogen) atoms. The molecule has 2 rings (SSSR count). The molecule has 2 aromatic rings. The number of carboxylic acids is 2. The first-order chi connectivity index (χ1) is 11.9. The number of aromatic nitrogens is 2. The zero-order chi connectivity index (χ0) is 18.7. The second kappa shape index (κ2) is 11.1. The molecule has 0 spiro atoms. The SMILES string of the molecule is COc1ccc(CNCCSc2nccn2C)cc1.O=C(O)C(=O)O. The van der Waals surface area contributed by atoms with Crippen molar-refractivity contribution in [2.45, 2.75) is 11.7 Å². The molecule has 0 amide bonds. The lowest BCUT2D eigenvalue weighted by molar-refractivity contribution is -0.159. The second-order valence-electron chi connectivity index (χ2n) is 4.80. The quantitative estimate of drug-likeness (QED) is 0.383. The fraction of sp³-hybridized carbons (Fsp3) is 0.312. The smallest absolute Gasteiger partial charge is 0.414 e. The van der Waals surface area contributed by atoms with Gasteiger partial charge in [0.15, 0.2) is 5.16 Å². The summed E-state index contributed by atoms with van der Waals surface area (Å²) in [6.45, 7) is 1.84. The van der Waals surface area contributed by atoms with Gasteiger partial charge in [-0.2, -0.15) is 0 Å². The van der Waals surface area contributed by atoms with Crippen molar-refractivity contribution < 1.29 is 24.5 Å². The third-order valence-electron chi connectivity index (χ3n) is 2.96. The molecule has 0 aliphatic rings. The Morgan fingerprint density at radius 2 is 1.88 bits per heavy atom. The highest BCUT2D eigenvalue weighted by Crippen LogP contribution is 2.13. The summed E-state index contributed by atoms with van der Waals surface area (Å²) in [6.07, 6.45) is 3.79. The van der Waals surface area contributed by atoms with Gasteiger partial charge in [0.2, 0.25) is 0 Å². The van der Waals surface area contributed by atoms with Crippen LogP contribution < -0.4 is 10.1 Å².